The molecule has 27 heavy (non-hydrogen) atoms. The molecule has 1 aromatic rings. The number of hydrogen-bond acceptors (Lipinski definition) is 7. The van der Waals surface area contributed by atoms with E-state index in [0.29, 0.717) is 27.3 Å². The average Bonchev–Trinajstić information content (AvgIpc) is 3.23. The summed E-state index contributed by atoms with van der Waals surface area (Å²) >= 11 is 6.53. The molecule has 1 amide bonds. The van der Waals surface area contributed by atoms with E-state index in [4.69, 9.17) is 17.0 Å². The van der Waals surface area contributed by atoms with Gasteiger partial charge in [0.15, 0.2) is 5.75 Å². The summed E-state index contributed by atoms with van der Waals surface area (Å²) in [4.78, 5) is 25.2. The van der Waals surface area contributed by atoms with Crippen LogP contribution in [0.25, 0.3) is 6.08 Å². The van der Waals surface area contributed by atoms with Crippen LogP contribution >= 0.6 is 24.0 Å². The highest BCUT2D eigenvalue weighted by Gasteiger charge is 2.32. The van der Waals surface area contributed by atoms with E-state index in [0.717, 1.165) is 6.42 Å². The highest BCUT2D eigenvalue weighted by molar-refractivity contribution is 8.26. The fourth-order valence-corrected chi connectivity index (χ4v) is 4.76. The van der Waals surface area contributed by atoms with Crippen LogP contribution in [0.1, 0.15) is 37.7 Å². The van der Waals surface area contributed by atoms with Crippen LogP contribution in [0, 0.1) is 16.0 Å². The Hall–Kier alpha value is -2.13. The van der Waals surface area contributed by atoms with Crippen LogP contribution in [0.3, 0.4) is 0 Å². The predicted octanol–water partition coefficient (Wildman–Crippen LogP) is 4.09. The highest BCUT2D eigenvalue weighted by atomic mass is 32.2. The number of nitrogens with zero attached hydrogens (tertiary/aromatic N) is 2. The number of ether oxygens (including phenoxy) is 1. The monoisotopic (exact) mass is 408 g/mol. The fraction of sp³-hybridized carbons (Fsp3) is 0.444. The zero-order valence-electron chi connectivity index (χ0n) is 14.8. The van der Waals surface area contributed by atoms with Crippen LogP contribution in [0.2, 0.25) is 0 Å². The highest BCUT2D eigenvalue weighted by Crippen LogP contribution is 2.39. The van der Waals surface area contributed by atoms with Gasteiger partial charge in [-0.15, -0.1) is 0 Å². The van der Waals surface area contributed by atoms with Crippen LogP contribution in [-0.2, 0) is 4.79 Å². The molecule has 9 heteroatoms. The number of nitro groups is 1. The second-order valence-electron chi connectivity index (χ2n) is 6.62. The third-order valence-electron chi connectivity index (χ3n) is 4.90. The van der Waals surface area contributed by atoms with Crippen molar-refractivity contribution in [2.75, 3.05) is 13.7 Å². The van der Waals surface area contributed by atoms with Crippen molar-refractivity contribution >= 4 is 46.0 Å². The van der Waals surface area contributed by atoms with E-state index in [1.807, 2.05) is 0 Å². The van der Waals surface area contributed by atoms with Crippen molar-refractivity contribution in [1.82, 2.24) is 4.90 Å². The van der Waals surface area contributed by atoms with Crippen molar-refractivity contribution in [1.29, 1.82) is 0 Å². The van der Waals surface area contributed by atoms with Crippen molar-refractivity contribution in [2.24, 2.45) is 5.92 Å². The Labute approximate surface area is 166 Å². The van der Waals surface area contributed by atoms with Crippen LogP contribution in [0.15, 0.2) is 17.0 Å². The molecule has 0 spiro atoms. The van der Waals surface area contributed by atoms with Crippen LogP contribution in [0.4, 0.5) is 5.69 Å². The van der Waals surface area contributed by atoms with Crippen molar-refractivity contribution < 1.29 is 19.6 Å². The Morgan fingerprint density at radius 3 is 2.78 bits per heavy atom. The van der Waals surface area contributed by atoms with Crippen LogP contribution in [-0.4, -0.2) is 38.8 Å². The maximum absolute atomic E-state index is 12.7. The minimum atomic E-state index is -0.692. The molecule has 1 aliphatic heterocycles. The Kier molecular flexibility index (Phi) is 6.01. The first-order valence-corrected chi connectivity index (χ1v) is 9.94. The van der Waals surface area contributed by atoms with Crippen LogP contribution in [0.5, 0.6) is 11.5 Å². The maximum Gasteiger partial charge on any atom is 0.315 e. The molecular formula is C18H20N2O5S2. The lowest BCUT2D eigenvalue weighted by molar-refractivity contribution is -0.386. The largest absolute Gasteiger partial charge is 0.500 e. The molecule has 144 valence electrons. The normalized spacial score (nSPS) is 19.3. The van der Waals surface area contributed by atoms with Crippen molar-refractivity contribution in [3.63, 3.8) is 0 Å². The summed E-state index contributed by atoms with van der Waals surface area (Å²) in [5.41, 5.74) is -0.0787. The SMILES string of the molecule is COc1cc(/C=C2/SC(=S)N(CCC3CCCC3)C2=O)cc([N+](=O)[O-])c1O. The van der Waals surface area contributed by atoms with Gasteiger partial charge in [-0.1, -0.05) is 49.7 Å². The zero-order chi connectivity index (χ0) is 19.6. The van der Waals surface area contributed by atoms with E-state index >= 15 is 0 Å². The third-order valence-corrected chi connectivity index (χ3v) is 6.28. The molecule has 1 aliphatic carbocycles. The summed E-state index contributed by atoms with van der Waals surface area (Å²) in [6.45, 7) is 0.603. The van der Waals surface area contributed by atoms with E-state index in [1.165, 1.54) is 56.7 Å². The van der Waals surface area contributed by atoms with Crippen molar-refractivity contribution in [3.8, 4) is 11.5 Å². The standard InChI is InChI=1S/C18H20N2O5S2/c1-25-14-9-12(8-13(16(14)21)20(23)24)10-15-17(22)19(18(26)27-15)7-6-11-4-2-3-5-11/h8-11,21H,2-7H2,1H3/b15-10+. The molecule has 1 saturated heterocycles. The fourth-order valence-electron chi connectivity index (χ4n) is 3.45. The van der Waals surface area contributed by atoms with Gasteiger partial charge in [0.2, 0.25) is 5.75 Å². The quantitative estimate of drug-likeness (QED) is 0.328. The molecule has 3 rings (SSSR count). The lowest BCUT2D eigenvalue weighted by Crippen LogP contribution is -2.30. The Morgan fingerprint density at radius 1 is 1.44 bits per heavy atom. The van der Waals surface area contributed by atoms with Gasteiger partial charge in [0.25, 0.3) is 5.91 Å². The number of nitro benzene ring substituents is 1. The van der Waals surface area contributed by atoms with Gasteiger partial charge < -0.3 is 9.84 Å². The minimum absolute atomic E-state index is 0.0211. The van der Waals surface area contributed by atoms with Crippen molar-refractivity contribution in [3.05, 3.63) is 32.7 Å². The number of amides is 1. The molecule has 7 nitrogen and oxygen atoms in total. The number of rotatable bonds is 6. The molecule has 0 atom stereocenters. The number of phenolic OH excluding ortho intramolecular Hbond substituents is 1. The molecule has 2 aliphatic rings. The molecule has 0 aromatic heterocycles. The summed E-state index contributed by atoms with van der Waals surface area (Å²) in [6.07, 6.45) is 7.42. The number of carbonyl (C=O) groups is 1. The topological polar surface area (TPSA) is 92.9 Å². The molecule has 1 N–H and O–H groups in total. The summed E-state index contributed by atoms with van der Waals surface area (Å²) in [5.74, 6) is -0.0868. The number of methoxy groups -OCH3 is 1. The molecule has 0 radical (unpaired) electrons. The smallest absolute Gasteiger partial charge is 0.315 e. The molecule has 0 bridgehead atoms. The molecule has 1 heterocycles. The first-order valence-electron chi connectivity index (χ1n) is 8.71. The summed E-state index contributed by atoms with van der Waals surface area (Å²) < 4.78 is 5.50. The number of carbonyl (C=O) groups excluding carboxylic acids is 1. The van der Waals surface area contributed by atoms with Gasteiger partial charge in [0.05, 0.1) is 16.9 Å². The molecule has 2 fully saturated rings. The van der Waals surface area contributed by atoms with E-state index in [2.05, 4.69) is 0 Å². The van der Waals surface area contributed by atoms with E-state index < -0.39 is 16.4 Å². The second-order valence-corrected chi connectivity index (χ2v) is 8.30. The van der Waals surface area contributed by atoms with Crippen molar-refractivity contribution in [2.45, 2.75) is 32.1 Å². The predicted molar refractivity (Wildman–Crippen MR) is 108 cm³/mol. The van der Waals surface area contributed by atoms with E-state index in [1.54, 1.807) is 11.0 Å². The van der Waals surface area contributed by atoms with Gasteiger partial charge >= 0.3 is 5.69 Å². The second kappa shape index (κ2) is 8.26. The average molecular weight is 409 g/mol. The third kappa shape index (κ3) is 4.24. The number of aromatic hydroxyl groups is 1. The minimum Gasteiger partial charge on any atom is -0.500 e. The maximum atomic E-state index is 12.7. The molecule has 0 unspecified atom stereocenters. The molecule has 1 saturated carbocycles. The van der Waals surface area contributed by atoms with Gasteiger partial charge in [-0.25, -0.2) is 0 Å². The first-order chi connectivity index (χ1) is 12.9. The summed E-state index contributed by atoms with van der Waals surface area (Å²) in [6, 6.07) is 2.66. The first kappa shape index (κ1) is 19.6. The van der Waals surface area contributed by atoms with Gasteiger partial charge in [0, 0.05) is 12.6 Å². The Morgan fingerprint density at radius 2 is 2.15 bits per heavy atom. The molecular weight excluding hydrogens is 388 g/mol. The number of benzene rings is 1. The number of thioether (sulfide) groups is 1. The Bertz CT molecular complexity index is 818. The van der Waals surface area contributed by atoms with E-state index in [-0.39, 0.29) is 11.7 Å². The van der Waals surface area contributed by atoms with Gasteiger partial charge in [0.1, 0.15) is 4.32 Å². The number of thiocarbonyl (C=S) groups is 1. The summed E-state index contributed by atoms with van der Waals surface area (Å²) in [5, 5.41) is 21.0. The lowest BCUT2D eigenvalue weighted by atomic mass is 10.0. The summed E-state index contributed by atoms with van der Waals surface area (Å²) in [7, 11) is 1.31. The van der Waals surface area contributed by atoms with E-state index in [9.17, 15) is 20.0 Å². The van der Waals surface area contributed by atoms with Gasteiger partial charge in [-0.2, -0.15) is 0 Å². The number of phenols is 1. The van der Waals surface area contributed by atoms with Gasteiger partial charge in [-0.05, 0) is 30.0 Å². The zero-order valence-corrected chi connectivity index (χ0v) is 16.5. The Balaban J connectivity index is 1.80. The lowest BCUT2D eigenvalue weighted by Gasteiger charge is -2.17. The number of hydrogen-bond donors (Lipinski definition) is 1. The van der Waals surface area contributed by atoms with Gasteiger partial charge in [-0.3, -0.25) is 19.8 Å². The van der Waals surface area contributed by atoms with Crippen LogP contribution < -0.4 is 4.74 Å². The molecule has 1 aromatic carbocycles.